The molecule has 0 aliphatic carbocycles. The number of benzene rings is 2. The molecule has 0 bridgehead atoms. The van der Waals surface area contributed by atoms with Crippen molar-refractivity contribution in [3.63, 3.8) is 0 Å². The number of halogens is 3. The molecule has 2 rings (SSSR count). The SMILES string of the molecule is Cc1cc(F)c(-c2cc(F)ccc2CNC(C)C)cc1F. The molecule has 0 spiro atoms. The molecule has 0 aromatic heterocycles. The quantitative estimate of drug-likeness (QED) is 0.870. The second kappa shape index (κ2) is 6.31. The minimum Gasteiger partial charge on any atom is -0.310 e. The van der Waals surface area contributed by atoms with Gasteiger partial charge in [-0.2, -0.15) is 0 Å². The molecule has 112 valence electrons. The molecular formula is C17H18F3N. The average Bonchev–Trinajstić information content (AvgIpc) is 2.41. The fourth-order valence-corrected chi connectivity index (χ4v) is 2.12. The summed E-state index contributed by atoms with van der Waals surface area (Å²) in [6, 6.07) is 6.65. The summed E-state index contributed by atoms with van der Waals surface area (Å²) in [4.78, 5) is 0. The van der Waals surface area contributed by atoms with E-state index in [9.17, 15) is 13.2 Å². The summed E-state index contributed by atoms with van der Waals surface area (Å²) in [5.41, 5.74) is 1.42. The lowest BCUT2D eigenvalue weighted by Gasteiger charge is -2.14. The van der Waals surface area contributed by atoms with Crippen LogP contribution in [0.25, 0.3) is 11.1 Å². The van der Waals surface area contributed by atoms with E-state index in [2.05, 4.69) is 5.32 Å². The van der Waals surface area contributed by atoms with Crippen LogP contribution in [0.4, 0.5) is 13.2 Å². The summed E-state index contributed by atoms with van der Waals surface area (Å²) in [7, 11) is 0. The van der Waals surface area contributed by atoms with Crippen LogP contribution in [0.2, 0.25) is 0 Å². The first-order valence-electron chi connectivity index (χ1n) is 6.86. The fourth-order valence-electron chi connectivity index (χ4n) is 2.12. The third kappa shape index (κ3) is 3.64. The molecule has 0 saturated heterocycles. The summed E-state index contributed by atoms with van der Waals surface area (Å²) < 4.78 is 41.3. The molecule has 0 saturated carbocycles. The van der Waals surface area contributed by atoms with Crippen LogP contribution >= 0.6 is 0 Å². The summed E-state index contributed by atoms with van der Waals surface area (Å²) in [5, 5.41) is 3.20. The molecule has 1 nitrogen and oxygen atoms in total. The standard InChI is InChI=1S/C17H18F3N/c1-10(2)21-9-12-4-5-13(18)7-14(12)15-8-16(19)11(3)6-17(15)20/h4-8,10,21H,9H2,1-3H3. The van der Waals surface area contributed by atoms with E-state index >= 15 is 0 Å². The van der Waals surface area contributed by atoms with E-state index in [0.717, 1.165) is 17.7 Å². The highest BCUT2D eigenvalue weighted by Gasteiger charge is 2.14. The normalized spacial score (nSPS) is 11.2. The minimum absolute atomic E-state index is 0.0816. The summed E-state index contributed by atoms with van der Waals surface area (Å²) in [5.74, 6) is -1.53. The largest absolute Gasteiger partial charge is 0.310 e. The third-order valence-electron chi connectivity index (χ3n) is 3.31. The molecule has 0 amide bonds. The molecule has 0 aliphatic rings. The van der Waals surface area contributed by atoms with E-state index in [1.54, 1.807) is 6.07 Å². The van der Waals surface area contributed by atoms with Gasteiger partial charge in [-0.1, -0.05) is 19.9 Å². The van der Waals surface area contributed by atoms with Gasteiger partial charge in [-0.05, 0) is 47.9 Å². The zero-order chi connectivity index (χ0) is 15.6. The topological polar surface area (TPSA) is 12.0 Å². The van der Waals surface area contributed by atoms with E-state index in [-0.39, 0.29) is 17.2 Å². The first-order chi connectivity index (χ1) is 9.88. The Kier molecular flexibility index (Phi) is 4.68. The predicted octanol–water partition coefficient (Wildman–Crippen LogP) is 4.58. The van der Waals surface area contributed by atoms with Gasteiger partial charge < -0.3 is 5.32 Å². The van der Waals surface area contributed by atoms with Crippen molar-refractivity contribution in [2.24, 2.45) is 0 Å². The van der Waals surface area contributed by atoms with Gasteiger partial charge in [0.25, 0.3) is 0 Å². The lowest BCUT2D eigenvalue weighted by Crippen LogP contribution is -2.22. The zero-order valence-electron chi connectivity index (χ0n) is 12.3. The lowest BCUT2D eigenvalue weighted by atomic mass is 9.97. The van der Waals surface area contributed by atoms with Crippen LogP contribution in [0.3, 0.4) is 0 Å². The van der Waals surface area contributed by atoms with Gasteiger partial charge in [0, 0.05) is 18.2 Å². The van der Waals surface area contributed by atoms with Crippen molar-refractivity contribution >= 4 is 0 Å². The van der Waals surface area contributed by atoms with Crippen molar-refractivity contribution in [3.8, 4) is 11.1 Å². The van der Waals surface area contributed by atoms with Crippen molar-refractivity contribution < 1.29 is 13.2 Å². The van der Waals surface area contributed by atoms with Gasteiger partial charge in [0.15, 0.2) is 0 Å². The van der Waals surface area contributed by atoms with Crippen LogP contribution in [0.1, 0.15) is 25.0 Å². The Morgan fingerprint density at radius 1 is 0.952 bits per heavy atom. The van der Waals surface area contributed by atoms with E-state index in [0.29, 0.717) is 12.1 Å². The number of aryl methyl sites for hydroxylation is 1. The number of nitrogens with one attached hydrogen (secondary N) is 1. The molecule has 0 radical (unpaired) electrons. The Hall–Kier alpha value is -1.81. The highest BCUT2D eigenvalue weighted by atomic mass is 19.1. The molecule has 4 heteroatoms. The molecular weight excluding hydrogens is 275 g/mol. The van der Waals surface area contributed by atoms with Crippen LogP contribution in [0, 0.1) is 24.4 Å². The lowest BCUT2D eigenvalue weighted by molar-refractivity contribution is 0.583. The van der Waals surface area contributed by atoms with Crippen LogP contribution < -0.4 is 5.32 Å². The smallest absolute Gasteiger partial charge is 0.131 e. The number of hydrogen-bond acceptors (Lipinski definition) is 1. The van der Waals surface area contributed by atoms with E-state index in [4.69, 9.17) is 0 Å². The van der Waals surface area contributed by atoms with Crippen molar-refractivity contribution in [1.82, 2.24) is 5.32 Å². The van der Waals surface area contributed by atoms with Crippen molar-refractivity contribution in [2.45, 2.75) is 33.4 Å². The maximum absolute atomic E-state index is 14.1. The van der Waals surface area contributed by atoms with E-state index < -0.39 is 17.5 Å². The van der Waals surface area contributed by atoms with Crippen LogP contribution in [-0.4, -0.2) is 6.04 Å². The van der Waals surface area contributed by atoms with E-state index in [1.807, 2.05) is 13.8 Å². The Morgan fingerprint density at radius 3 is 2.33 bits per heavy atom. The van der Waals surface area contributed by atoms with Crippen molar-refractivity contribution in [2.75, 3.05) is 0 Å². The first kappa shape index (κ1) is 15.6. The van der Waals surface area contributed by atoms with Gasteiger partial charge in [-0.3, -0.25) is 0 Å². The predicted molar refractivity (Wildman–Crippen MR) is 78.5 cm³/mol. The van der Waals surface area contributed by atoms with Crippen molar-refractivity contribution in [3.05, 3.63) is 58.9 Å². The highest BCUT2D eigenvalue weighted by molar-refractivity contribution is 5.68. The van der Waals surface area contributed by atoms with Gasteiger partial charge in [0.05, 0.1) is 0 Å². The maximum atomic E-state index is 14.1. The fraction of sp³-hybridized carbons (Fsp3) is 0.294. The van der Waals surface area contributed by atoms with Gasteiger partial charge in [0.1, 0.15) is 17.5 Å². The third-order valence-corrected chi connectivity index (χ3v) is 3.31. The molecule has 0 unspecified atom stereocenters. The maximum Gasteiger partial charge on any atom is 0.131 e. The number of rotatable bonds is 4. The Labute approximate surface area is 122 Å². The van der Waals surface area contributed by atoms with Gasteiger partial charge in [0.2, 0.25) is 0 Å². The van der Waals surface area contributed by atoms with Gasteiger partial charge in [-0.15, -0.1) is 0 Å². The molecule has 2 aromatic rings. The van der Waals surface area contributed by atoms with Crippen LogP contribution in [0.5, 0.6) is 0 Å². The second-order valence-electron chi connectivity index (χ2n) is 5.42. The molecule has 1 N–H and O–H groups in total. The molecule has 0 fully saturated rings. The van der Waals surface area contributed by atoms with Gasteiger partial charge in [-0.25, -0.2) is 13.2 Å². The summed E-state index contributed by atoms with van der Waals surface area (Å²) in [6.45, 7) is 5.92. The molecule has 0 atom stereocenters. The van der Waals surface area contributed by atoms with Crippen LogP contribution in [0.15, 0.2) is 30.3 Å². The Balaban J connectivity index is 2.51. The Bertz CT molecular complexity index is 651. The Morgan fingerprint density at radius 2 is 1.67 bits per heavy atom. The summed E-state index contributed by atoms with van der Waals surface area (Å²) in [6.07, 6.45) is 0. The molecule has 0 aliphatic heterocycles. The first-order valence-corrected chi connectivity index (χ1v) is 6.86. The molecule has 0 heterocycles. The average molecular weight is 293 g/mol. The zero-order valence-corrected chi connectivity index (χ0v) is 12.3. The molecule has 21 heavy (non-hydrogen) atoms. The highest BCUT2D eigenvalue weighted by Crippen LogP contribution is 2.29. The summed E-state index contributed by atoms with van der Waals surface area (Å²) >= 11 is 0. The van der Waals surface area contributed by atoms with Crippen LogP contribution in [-0.2, 0) is 6.54 Å². The van der Waals surface area contributed by atoms with E-state index in [1.165, 1.54) is 19.1 Å². The minimum atomic E-state index is -0.551. The number of hydrogen-bond donors (Lipinski definition) is 1. The van der Waals surface area contributed by atoms with Gasteiger partial charge >= 0.3 is 0 Å². The van der Waals surface area contributed by atoms with Crippen molar-refractivity contribution in [1.29, 1.82) is 0 Å². The molecule has 2 aromatic carbocycles. The second-order valence-corrected chi connectivity index (χ2v) is 5.42. The monoisotopic (exact) mass is 293 g/mol.